The topological polar surface area (TPSA) is 75.3 Å². The van der Waals surface area contributed by atoms with Crippen LogP contribution in [0.4, 0.5) is 0 Å². The van der Waals surface area contributed by atoms with Crippen LogP contribution < -0.4 is 10.0 Å². The zero-order chi connectivity index (χ0) is 20.7. The Kier molecular flexibility index (Phi) is 6.80. The van der Waals surface area contributed by atoms with Gasteiger partial charge in [-0.2, -0.15) is 4.72 Å². The summed E-state index contributed by atoms with van der Waals surface area (Å²) in [5, 5.41) is 2.92. The molecule has 0 bridgehead atoms. The van der Waals surface area contributed by atoms with Crippen LogP contribution in [-0.2, 0) is 21.2 Å². The molecule has 0 aliphatic heterocycles. The number of hydrogen-bond donors (Lipinski definition) is 2. The fourth-order valence-corrected chi connectivity index (χ4v) is 4.25. The molecule has 0 spiro atoms. The van der Waals surface area contributed by atoms with Crippen molar-refractivity contribution in [2.75, 3.05) is 0 Å². The Morgan fingerprint density at radius 3 is 1.93 bits per heavy atom. The Hall–Kier alpha value is -2.96. The molecule has 150 valence electrons. The van der Waals surface area contributed by atoms with Crippen molar-refractivity contribution in [1.29, 1.82) is 0 Å². The second-order valence-electron chi connectivity index (χ2n) is 6.82. The molecule has 0 fully saturated rings. The van der Waals surface area contributed by atoms with Crippen LogP contribution in [0.15, 0.2) is 95.9 Å². The van der Waals surface area contributed by atoms with Crippen molar-refractivity contribution in [3.8, 4) is 0 Å². The molecule has 0 aliphatic rings. The number of carbonyl (C=O) groups excluding carboxylic acids is 1. The average Bonchev–Trinajstić information content (AvgIpc) is 2.75. The van der Waals surface area contributed by atoms with Crippen LogP contribution in [0, 0.1) is 0 Å². The summed E-state index contributed by atoms with van der Waals surface area (Å²) in [5.41, 5.74) is 1.82. The predicted octanol–water partition coefficient (Wildman–Crippen LogP) is 3.45. The summed E-state index contributed by atoms with van der Waals surface area (Å²) in [6.45, 7) is 1.87. The van der Waals surface area contributed by atoms with Gasteiger partial charge in [0.2, 0.25) is 15.9 Å². The van der Waals surface area contributed by atoms with E-state index in [1.54, 1.807) is 18.2 Å². The minimum absolute atomic E-state index is 0.127. The Labute approximate surface area is 171 Å². The molecule has 0 saturated carbocycles. The lowest BCUT2D eigenvalue weighted by atomic mass is 10.0. The van der Waals surface area contributed by atoms with Gasteiger partial charge in [-0.1, -0.05) is 78.9 Å². The number of hydrogen-bond acceptors (Lipinski definition) is 3. The van der Waals surface area contributed by atoms with Crippen molar-refractivity contribution < 1.29 is 13.2 Å². The van der Waals surface area contributed by atoms with E-state index in [4.69, 9.17) is 0 Å². The molecule has 3 aromatic carbocycles. The first-order valence-corrected chi connectivity index (χ1v) is 10.9. The van der Waals surface area contributed by atoms with Gasteiger partial charge in [-0.3, -0.25) is 4.79 Å². The molecule has 2 N–H and O–H groups in total. The van der Waals surface area contributed by atoms with Crippen LogP contribution in [0.2, 0.25) is 0 Å². The fourth-order valence-electron chi connectivity index (χ4n) is 3.03. The third kappa shape index (κ3) is 5.76. The third-order valence-electron chi connectivity index (χ3n) is 4.61. The first-order chi connectivity index (χ1) is 14.0. The molecule has 6 heteroatoms. The second kappa shape index (κ2) is 9.49. The molecule has 0 radical (unpaired) electrons. The summed E-state index contributed by atoms with van der Waals surface area (Å²) in [4.78, 5) is 13.1. The maximum Gasteiger partial charge on any atom is 0.241 e. The highest BCUT2D eigenvalue weighted by Gasteiger charge is 2.27. The van der Waals surface area contributed by atoms with Gasteiger partial charge in [0.15, 0.2) is 0 Å². The number of nitrogens with one attached hydrogen (secondary N) is 2. The molecule has 5 nitrogen and oxygen atoms in total. The molecule has 3 aromatic rings. The number of benzene rings is 3. The van der Waals surface area contributed by atoms with E-state index in [9.17, 15) is 13.2 Å². The van der Waals surface area contributed by atoms with Crippen molar-refractivity contribution in [2.24, 2.45) is 0 Å². The van der Waals surface area contributed by atoms with E-state index in [2.05, 4.69) is 10.0 Å². The second-order valence-corrected chi connectivity index (χ2v) is 8.53. The molecule has 1 amide bonds. The summed E-state index contributed by atoms with van der Waals surface area (Å²) in [7, 11) is -3.84. The van der Waals surface area contributed by atoms with Gasteiger partial charge in [-0.25, -0.2) is 8.42 Å². The van der Waals surface area contributed by atoms with Gasteiger partial charge >= 0.3 is 0 Å². The van der Waals surface area contributed by atoms with Gasteiger partial charge in [-0.15, -0.1) is 0 Å². The first kappa shape index (κ1) is 20.8. The van der Waals surface area contributed by atoms with Crippen LogP contribution in [-0.4, -0.2) is 20.4 Å². The summed E-state index contributed by atoms with van der Waals surface area (Å²) in [6.07, 6.45) is 0.250. The Morgan fingerprint density at radius 1 is 0.828 bits per heavy atom. The zero-order valence-electron chi connectivity index (χ0n) is 16.2. The molecule has 2 atom stereocenters. The summed E-state index contributed by atoms with van der Waals surface area (Å²) in [5.74, 6) is -0.371. The van der Waals surface area contributed by atoms with Crippen LogP contribution in [0.5, 0.6) is 0 Å². The van der Waals surface area contributed by atoms with E-state index in [1.165, 1.54) is 12.1 Å². The minimum Gasteiger partial charge on any atom is -0.348 e. The van der Waals surface area contributed by atoms with E-state index >= 15 is 0 Å². The highest BCUT2D eigenvalue weighted by Crippen LogP contribution is 2.14. The zero-order valence-corrected chi connectivity index (χ0v) is 17.0. The Balaban J connectivity index is 1.81. The van der Waals surface area contributed by atoms with Crippen molar-refractivity contribution in [1.82, 2.24) is 10.0 Å². The standard InChI is InChI=1S/C23H24N2O3S/c1-18(20-13-7-3-8-14-20)24-23(26)22(17-19-11-5-2-6-12-19)25-29(27,28)21-15-9-4-10-16-21/h2-16,18,22,25H,17H2,1H3,(H,24,26)/t18-,22-/m1/s1. The Morgan fingerprint density at radius 2 is 1.34 bits per heavy atom. The lowest BCUT2D eigenvalue weighted by Crippen LogP contribution is -2.48. The summed E-state index contributed by atoms with van der Waals surface area (Å²) >= 11 is 0. The molecular formula is C23H24N2O3S. The lowest BCUT2D eigenvalue weighted by Gasteiger charge is -2.22. The van der Waals surface area contributed by atoms with E-state index in [-0.39, 0.29) is 23.3 Å². The smallest absolute Gasteiger partial charge is 0.241 e. The fraction of sp³-hybridized carbons (Fsp3) is 0.174. The number of carbonyl (C=O) groups is 1. The molecule has 0 unspecified atom stereocenters. The largest absolute Gasteiger partial charge is 0.348 e. The van der Waals surface area contributed by atoms with Crippen molar-refractivity contribution in [3.63, 3.8) is 0 Å². The van der Waals surface area contributed by atoms with E-state index in [0.29, 0.717) is 0 Å². The van der Waals surface area contributed by atoms with Gasteiger partial charge in [0, 0.05) is 0 Å². The molecule has 3 rings (SSSR count). The van der Waals surface area contributed by atoms with Crippen LogP contribution in [0.3, 0.4) is 0 Å². The van der Waals surface area contributed by atoms with Crippen molar-refractivity contribution in [2.45, 2.75) is 30.3 Å². The monoisotopic (exact) mass is 408 g/mol. The van der Waals surface area contributed by atoms with E-state index in [0.717, 1.165) is 11.1 Å². The molecule has 0 aromatic heterocycles. The minimum atomic E-state index is -3.84. The number of amides is 1. The van der Waals surface area contributed by atoms with E-state index < -0.39 is 16.1 Å². The summed E-state index contributed by atoms with van der Waals surface area (Å²) < 4.78 is 28.2. The summed E-state index contributed by atoms with van der Waals surface area (Å²) in [6, 6.07) is 25.8. The highest BCUT2D eigenvalue weighted by molar-refractivity contribution is 7.89. The van der Waals surface area contributed by atoms with Gasteiger partial charge in [0.05, 0.1) is 10.9 Å². The van der Waals surface area contributed by atoms with E-state index in [1.807, 2.05) is 67.6 Å². The molecule has 0 heterocycles. The van der Waals surface area contributed by atoms with Crippen molar-refractivity contribution >= 4 is 15.9 Å². The normalized spacial score (nSPS) is 13.4. The van der Waals surface area contributed by atoms with Crippen LogP contribution >= 0.6 is 0 Å². The lowest BCUT2D eigenvalue weighted by molar-refractivity contribution is -0.123. The molecule has 0 aliphatic carbocycles. The van der Waals surface area contributed by atoms with Gasteiger partial charge in [-0.05, 0) is 36.6 Å². The van der Waals surface area contributed by atoms with Crippen LogP contribution in [0.1, 0.15) is 24.1 Å². The van der Waals surface area contributed by atoms with Crippen LogP contribution in [0.25, 0.3) is 0 Å². The van der Waals surface area contributed by atoms with Gasteiger partial charge in [0.1, 0.15) is 6.04 Å². The molecule has 29 heavy (non-hydrogen) atoms. The van der Waals surface area contributed by atoms with Crippen molar-refractivity contribution in [3.05, 3.63) is 102 Å². The third-order valence-corrected chi connectivity index (χ3v) is 6.10. The average molecular weight is 409 g/mol. The number of rotatable bonds is 8. The SMILES string of the molecule is C[C@@H](NC(=O)[C@@H](Cc1ccccc1)NS(=O)(=O)c1ccccc1)c1ccccc1. The first-order valence-electron chi connectivity index (χ1n) is 9.42. The molecule has 0 saturated heterocycles. The number of sulfonamides is 1. The highest BCUT2D eigenvalue weighted by atomic mass is 32.2. The maximum absolute atomic E-state index is 13.0. The van der Waals surface area contributed by atoms with Gasteiger partial charge in [0.25, 0.3) is 0 Å². The Bertz CT molecular complexity index is 1020. The molecular weight excluding hydrogens is 384 g/mol. The predicted molar refractivity (Wildman–Crippen MR) is 114 cm³/mol. The maximum atomic E-state index is 13.0. The quantitative estimate of drug-likeness (QED) is 0.599. The van der Waals surface area contributed by atoms with Gasteiger partial charge < -0.3 is 5.32 Å².